The van der Waals surface area contributed by atoms with Gasteiger partial charge >= 0.3 is 0 Å². The molecule has 0 spiro atoms. The van der Waals surface area contributed by atoms with E-state index in [0.717, 1.165) is 35.6 Å². The first-order valence-electron chi connectivity index (χ1n) is 12.6. The van der Waals surface area contributed by atoms with Crippen molar-refractivity contribution in [1.29, 1.82) is 0 Å². The van der Waals surface area contributed by atoms with E-state index < -0.39 is 22.0 Å². The van der Waals surface area contributed by atoms with Gasteiger partial charge in [0.2, 0.25) is 21.8 Å². The molecule has 0 saturated heterocycles. The van der Waals surface area contributed by atoms with Crippen molar-refractivity contribution < 1.29 is 18.0 Å². The maximum absolute atomic E-state index is 13.3. The summed E-state index contributed by atoms with van der Waals surface area (Å²) < 4.78 is 29.2. The Hall–Kier alpha value is -2.91. The summed E-state index contributed by atoms with van der Waals surface area (Å²) in [6.07, 6.45) is 0.946. The summed E-state index contributed by atoms with van der Waals surface area (Å²) in [4.78, 5) is 29.0. The fraction of sp³-hybridized carbons (Fsp3) is 0.481. The Bertz CT molecular complexity index is 1220. The van der Waals surface area contributed by atoms with E-state index in [1.807, 2.05) is 39.0 Å². The molecule has 0 aromatic heterocycles. The molecule has 196 valence electrons. The number of amides is 2. The minimum absolute atomic E-state index is 0.0726. The molecule has 0 fully saturated rings. The summed E-state index contributed by atoms with van der Waals surface area (Å²) in [5.74, 6) is -0.370. The average molecular weight is 515 g/mol. The first-order chi connectivity index (χ1) is 17.0. The lowest BCUT2D eigenvalue weighted by Gasteiger charge is -2.23. The van der Waals surface area contributed by atoms with Crippen LogP contribution in [-0.2, 0) is 26.0 Å². The number of hydrogen-bond donors (Lipinski definition) is 2. The number of nitrogens with zero attached hydrogens (tertiary/aromatic N) is 2. The quantitative estimate of drug-likeness (QED) is 0.498. The number of fused-ring (bicyclic) bond motifs is 1. The van der Waals surface area contributed by atoms with Crippen LogP contribution in [0.5, 0.6) is 0 Å². The fourth-order valence-corrected chi connectivity index (χ4v) is 5.86. The molecule has 2 amide bonds. The summed E-state index contributed by atoms with van der Waals surface area (Å²) in [6, 6.07) is 9.67. The number of aryl methyl sites for hydroxylation is 1. The van der Waals surface area contributed by atoms with Crippen molar-refractivity contribution >= 4 is 38.9 Å². The van der Waals surface area contributed by atoms with Crippen LogP contribution in [0.3, 0.4) is 0 Å². The van der Waals surface area contributed by atoms with Gasteiger partial charge in [-0.1, -0.05) is 13.8 Å². The number of carbonyl (C=O) groups excluding carboxylic acids is 2. The van der Waals surface area contributed by atoms with E-state index in [1.165, 1.54) is 13.0 Å². The van der Waals surface area contributed by atoms with E-state index in [4.69, 9.17) is 0 Å². The fourth-order valence-electron chi connectivity index (χ4n) is 4.60. The van der Waals surface area contributed by atoms with Crippen molar-refractivity contribution in [2.24, 2.45) is 5.92 Å². The third-order valence-electron chi connectivity index (χ3n) is 6.55. The molecule has 0 unspecified atom stereocenters. The number of carbonyl (C=O) groups is 2. The van der Waals surface area contributed by atoms with Crippen LogP contribution in [0.25, 0.3) is 0 Å². The molecule has 2 N–H and O–H groups in total. The van der Waals surface area contributed by atoms with Gasteiger partial charge in [-0.05, 0) is 87.1 Å². The van der Waals surface area contributed by atoms with Crippen molar-refractivity contribution in [3.63, 3.8) is 0 Å². The normalized spacial score (nSPS) is 14.0. The molecule has 2 aromatic rings. The lowest BCUT2D eigenvalue weighted by Crippen LogP contribution is -2.44. The molecule has 36 heavy (non-hydrogen) atoms. The van der Waals surface area contributed by atoms with Crippen LogP contribution in [0.1, 0.15) is 52.2 Å². The molecule has 2 aromatic carbocycles. The first-order valence-corrected chi connectivity index (χ1v) is 14.0. The van der Waals surface area contributed by atoms with Crippen molar-refractivity contribution in [3.05, 3.63) is 47.5 Å². The Morgan fingerprint density at radius 1 is 1.08 bits per heavy atom. The van der Waals surface area contributed by atoms with Gasteiger partial charge in [0.05, 0.1) is 4.90 Å². The topological polar surface area (TPSA) is 98.8 Å². The maximum Gasteiger partial charge on any atom is 0.242 e. The van der Waals surface area contributed by atoms with Gasteiger partial charge in [0.15, 0.2) is 0 Å². The Labute approximate surface area is 215 Å². The Balaban J connectivity index is 1.81. The SMILES string of the molecule is CCN(CC)c1ccc(NC(=O)[C@@H](CC(C)C)NS(=O)(=O)c2ccc3c(c2)CCN3C(C)=O)c(C)c1. The van der Waals surface area contributed by atoms with Crippen LogP contribution < -0.4 is 19.8 Å². The molecule has 0 aliphatic carbocycles. The van der Waals surface area contributed by atoms with Crippen LogP contribution in [0.15, 0.2) is 41.3 Å². The van der Waals surface area contributed by atoms with Crippen LogP contribution in [-0.4, -0.2) is 45.9 Å². The summed E-state index contributed by atoms with van der Waals surface area (Å²) in [7, 11) is -3.96. The number of rotatable bonds is 10. The van der Waals surface area contributed by atoms with Gasteiger partial charge in [0.25, 0.3) is 0 Å². The zero-order valence-corrected chi connectivity index (χ0v) is 22.9. The molecule has 0 saturated carbocycles. The zero-order chi connectivity index (χ0) is 26.6. The van der Waals surface area contributed by atoms with E-state index >= 15 is 0 Å². The molecule has 1 heterocycles. The molecule has 8 nitrogen and oxygen atoms in total. The largest absolute Gasteiger partial charge is 0.372 e. The van der Waals surface area contributed by atoms with Crippen LogP contribution in [0.4, 0.5) is 17.1 Å². The predicted molar refractivity (Wildman–Crippen MR) is 145 cm³/mol. The summed E-state index contributed by atoms with van der Waals surface area (Å²) in [5, 5.41) is 2.92. The molecule has 1 aliphatic rings. The zero-order valence-electron chi connectivity index (χ0n) is 22.1. The third kappa shape index (κ3) is 6.25. The molecule has 0 bridgehead atoms. The maximum atomic E-state index is 13.3. The minimum atomic E-state index is -3.96. The Morgan fingerprint density at radius 3 is 2.36 bits per heavy atom. The smallest absolute Gasteiger partial charge is 0.242 e. The second-order valence-corrected chi connectivity index (χ2v) is 11.4. The second kappa shape index (κ2) is 11.4. The molecular weight excluding hydrogens is 476 g/mol. The van der Waals surface area contributed by atoms with Gasteiger partial charge in [0.1, 0.15) is 6.04 Å². The summed E-state index contributed by atoms with van der Waals surface area (Å²) in [5.41, 5.74) is 4.19. The van der Waals surface area contributed by atoms with E-state index in [0.29, 0.717) is 25.1 Å². The van der Waals surface area contributed by atoms with Crippen LogP contribution in [0.2, 0.25) is 0 Å². The van der Waals surface area contributed by atoms with Crippen molar-refractivity contribution in [2.75, 3.05) is 34.8 Å². The van der Waals surface area contributed by atoms with Gasteiger partial charge < -0.3 is 15.1 Å². The van der Waals surface area contributed by atoms with E-state index in [1.54, 1.807) is 17.0 Å². The van der Waals surface area contributed by atoms with Gasteiger partial charge in [-0.3, -0.25) is 9.59 Å². The lowest BCUT2D eigenvalue weighted by atomic mass is 10.0. The van der Waals surface area contributed by atoms with Gasteiger partial charge in [-0.25, -0.2) is 8.42 Å². The minimum Gasteiger partial charge on any atom is -0.372 e. The lowest BCUT2D eigenvalue weighted by molar-refractivity contribution is -0.118. The number of anilines is 3. The standard InChI is InChI=1S/C27H38N4O4S/c1-7-30(8-2)22-9-11-24(19(5)16-22)28-27(33)25(15-18(3)4)29-36(34,35)23-10-12-26-21(17-23)13-14-31(26)20(6)32/h9-12,16-18,25,29H,7-8,13-15H2,1-6H3,(H,28,33)/t25-/m1/s1. The Kier molecular flexibility index (Phi) is 8.79. The monoisotopic (exact) mass is 514 g/mol. The highest BCUT2D eigenvalue weighted by atomic mass is 32.2. The van der Waals surface area contributed by atoms with Gasteiger partial charge in [0, 0.05) is 43.6 Å². The molecular formula is C27H38N4O4S. The van der Waals surface area contributed by atoms with Crippen molar-refractivity contribution in [3.8, 4) is 0 Å². The molecule has 1 atom stereocenters. The van der Waals surface area contributed by atoms with Crippen LogP contribution >= 0.6 is 0 Å². The van der Waals surface area contributed by atoms with Crippen molar-refractivity contribution in [1.82, 2.24) is 4.72 Å². The highest BCUT2D eigenvalue weighted by molar-refractivity contribution is 7.89. The molecule has 9 heteroatoms. The number of nitrogens with one attached hydrogen (secondary N) is 2. The first kappa shape index (κ1) is 27.7. The predicted octanol–water partition coefficient (Wildman–Crippen LogP) is 4.08. The highest BCUT2D eigenvalue weighted by Gasteiger charge is 2.29. The third-order valence-corrected chi connectivity index (χ3v) is 8.02. The van der Waals surface area contributed by atoms with E-state index in [-0.39, 0.29) is 16.7 Å². The Morgan fingerprint density at radius 2 is 1.78 bits per heavy atom. The number of sulfonamides is 1. The average Bonchev–Trinajstić information content (AvgIpc) is 3.24. The van der Waals surface area contributed by atoms with E-state index in [2.05, 4.69) is 28.8 Å². The summed E-state index contributed by atoms with van der Waals surface area (Å²) in [6.45, 7) is 13.8. The summed E-state index contributed by atoms with van der Waals surface area (Å²) >= 11 is 0. The number of benzene rings is 2. The number of hydrogen-bond acceptors (Lipinski definition) is 5. The van der Waals surface area contributed by atoms with E-state index in [9.17, 15) is 18.0 Å². The highest BCUT2D eigenvalue weighted by Crippen LogP contribution is 2.30. The van der Waals surface area contributed by atoms with Gasteiger partial charge in [-0.15, -0.1) is 0 Å². The molecule has 1 aliphatic heterocycles. The molecule has 3 rings (SSSR count). The van der Waals surface area contributed by atoms with Gasteiger partial charge in [-0.2, -0.15) is 4.72 Å². The van der Waals surface area contributed by atoms with Crippen molar-refractivity contribution in [2.45, 2.75) is 65.3 Å². The van der Waals surface area contributed by atoms with Crippen LogP contribution in [0, 0.1) is 12.8 Å². The molecule has 0 radical (unpaired) electrons. The second-order valence-electron chi connectivity index (χ2n) is 9.68.